The molecule has 0 saturated carbocycles. The van der Waals surface area contributed by atoms with Crippen LogP contribution in [0, 0.1) is 0 Å². The van der Waals surface area contributed by atoms with Gasteiger partial charge in [-0.1, -0.05) is 0 Å². The average molecular weight is 326 g/mol. The maximum absolute atomic E-state index is 12.3. The van der Waals surface area contributed by atoms with Gasteiger partial charge >= 0.3 is 6.03 Å². The fourth-order valence-corrected chi connectivity index (χ4v) is 3.22. The second-order valence-corrected chi connectivity index (χ2v) is 6.32. The van der Waals surface area contributed by atoms with Gasteiger partial charge in [0.15, 0.2) is 0 Å². The molecule has 0 aromatic carbocycles. The van der Waals surface area contributed by atoms with Crippen LogP contribution >= 0.6 is 0 Å². The predicted octanol–water partition coefficient (Wildman–Crippen LogP) is -2.17. The first-order valence-electron chi connectivity index (χ1n) is 7.85. The number of β-amino-alcohol motifs (C(OH)–C–C–N with tert-alkyl or cyclic N) is 1. The number of hydrogen-bond donors (Lipinski definition) is 2. The smallest absolute Gasteiger partial charge is 0.325 e. The van der Waals surface area contributed by atoms with Gasteiger partial charge in [0.2, 0.25) is 5.91 Å². The number of ether oxygens (including phenoxy) is 1. The Morgan fingerprint density at radius 3 is 2.65 bits per heavy atom. The van der Waals surface area contributed by atoms with Gasteiger partial charge in [0.25, 0.3) is 5.91 Å². The van der Waals surface area contributed by atoms with Crippen LogP contribution in [0.5, 0.6) is 0 Å². The summed E-state index contributed by atoms with van der Waals surface area (Å²) in [5.74, 6) is -0.709. The largest absolute Gasteiger partial charge is 0.387 e. The number of aliphatic hydroxyl groups is 1. The van der Waals surface area contributed by atoms with E-state index in [4.69, 9.17) is 4.74 Å². The summed E-state index contributed by atoms with van der Waals surface area (Å²) in [4.78, 5) is 39.9. The van der Waals surface area contributed by atoms with Crippen LogP contribution in [0.15, 0.2) is 0 Å². The minimum atomic E-state index is -0.940. The van der Waals surface area contributed by atoms with Gasteiger partial charge in [-0.05, 0) is 6.42 Å². The number of morpholine rings is 1. The number of carbonyl (C=O) groups excluding carboxylic acids is 3. The van der Waals surface area contributed by atoms with Gasteiger partial charge in [0.05, 0.1) is 31.9 Å². The molecule has 9 heteroatoms. The highest BCUT2D eigenvalue weighted by atomic mass is 16.5. The SMILES string of the molecule is O=C(CN1C(=O)CNC1=O)N1CC[C@](O)(CN2CCOCC2)C1. The third-order valence-electron chi connectivity index (χ3n) is 4.54. The van der Waals surface area contributed by atoms with Crippen LogP contribution < -0.4 is 5.32 Å². The molecule has 0 aliphatic carbocycles. The Balaban J connectivity index is 1.52. The van der Waals surface area contributed by atoms with Gasteiger partial charge in [-0.2, -0.15) is 0 Å². The number of amides is 4. The first-order valence-corrected chi connectivity index (χ1v) is 7.85. The van der Waals surface area contributed by atoms with Crippen molar-refractivity contribution in [1.29, 1.82) is 0 Å². The normalized spacial score (nSPS) is 29.3. The van der Waals surface area contributed by atoms with Gasteiger partial charge < -0.3 is 20.1 Å². The number of nitrogens with zero attached hydrogens (tertiary/aromatic N) is 3. The van der Waals surface area contributed by atoms with Crippen molar-refractivity contribution < 1.29 is 24.2 Å². The summed E-state index contributed by atoms with van der Waals surface area (Å²) in [6.45, 7) is 3.71. The molecule has 23 heavy (non-hydrogen) atoms. The van der Waals surface area contributed by atoms with E-state index in [1.807, 2.05) is 0 Å². The van der Waals surface area contributed by atoms with E-state index >= 15 is 0 Å². The molecule has 3 aliphatic rings. The van der Waals surface area contributed by atoms with Crippen LogP contribution in [0.25, 0.3) is 0 Å². The van der Waals surface area contributed by atoms with Crippen LogP contribution in [-0.2, 0) is 14.3 Å². The van der Waals surface area contributed by atoms with Crippen LogP contribution in [0.4, 0.5) is 4.79 Å². The molecule has 0 unspecified atom stereocenters. The molecule has 0 bridgehead atoms. The maximum Gasteiger partial charge on any atom is 0.325 e. The van der Waals surface area contributed by atoms with Gasteiger partial charge in [0, 0.05) is 26.2 Å². The monoisotopic (exact) mass is 326 g/mol. The number of likely N-dealkylation sites (tertiary alicyclic amines) is 1. The third-order valence-corrected chi connectivity index (χ3v) is 4.54. The number of hydrogen-bond acceptors (Lipinski definition) is 6. The van der Waals surface area contributed by atoms with Crippen molar-refractivity contribution in [2.45, 2.75) is 12.0 Å². The quantitative estimate of drug-likeness (QED) is 0.570. The molecule has 0 aromatic rings. The lowest BCUT2D eigenvalue weighted by molar-refractivity contribution is -0.136. The maximum atomic E-state index is 12.3. The van der Waals surface area contributed by atoms with E-state index in [1.165, 1.54) is 4.90 Å². The lowest BCUT2D eigenvalue weighted by Crippen LogP contribution is -2.50. The van der Waals surface area contributed by atoms with Crippen molar-refractivity contribution in [3.8, 4) is 0 Å². The highest BCUT2D eigenvalue weighted by Gasteiger charge is 2.41. The van der Waals surface area contributed by atoms with Gasteiger partial charge in [0.1, 0.15) is 6.54 Å². The molecule has 1 atom stereocenters. The number of imide groups is 1. The van der Waals surface area contributed by atoms with Crippen LogP contribution in [0.2, 0.25) is 0 Å². The van der Waals surface area contributed by atoms with Gasteiger partial charge in [-0.3, -0.25) is 19.4 Å². The fourth-order valence-electron chi connectivity index (χ4n) is 3.22. The Morgan fingerprint density at radius 2 is 2.00 bits per heavy atom. The summed E-state index contributed by atoms with van der Waals surface area (Å²) < 4.78 is 5.29. The van der Waals surface area contributed by atoms with Crippen molar-refractivity contribution in [3.63, 3.8) is 0 Å². The second-order valence-electron chi connectivity index (χ2n) is 6.32. The summed E-state index contributed by atoms with van der Waals surface area (Å²) >= 11 is 0. The Hall–Kier alpha value is -1.71. The molecule has 128 valence electrons. The predicted molar refractivity (Wildman–Crippen MR) is 78.5 cm³/mol. The van der Waals surface area contributed by atoms with E-state index in [1.54, 1.807) is 0 Å². The van der Waals surface area contributed by atoms with E-state index in [-0.39, 0.29) is 25.5 Å². The number of carbonyl (C=O) groups is 3. The second kappa shape index (κ2) is 6.42. The zero-order chi connectivity index (χ0) is 16.4. The summed E-state index contributed by atoms with van der Waals surface area (Å²) in [5, 5.41) is 13.1. The fraction of sp³-hybridized carbons (Fsp3) is 0.786. The van der Waals surface area contributed by atoms with E-state index < -0.39 is 17.5 Å². The molecular weight excluding hydrogens is 304 g/mol. The molecule has 3 rings (SSSR count). The first-order chi connectivity index (χ1) is 11.0. The first kappa shape index (κ1) is 16.2. The summed E-state index contributed by atoms with van der Waals surface area (Å²) in [6, 6.07) is -0.536. The lowest BCUT2D eigenvalue weighted by atomic mass is 10.0. The molecule has 0 spiro atoms. The topological polar surface area (TPSA) is 102 Å². The summed E-state index contributed by atoms with van der Waals surface area (Å²) in [7, 11) is 0. The zero-order valence-electron chi connectivity index (χ0n) is 13.0. The Kier molecular flexibility index (Phi) is 4.51. The van der Waals surface area contributed by atoms with Crippen molar-refractivity contribution in [3.05, 3.63) is 0 Å². The highest BCUT2D eigenvalue weighted by molar-refractivity contribution is 6.04. The Labute approximate surface area is 134 Å². The molecule has 3 heterocycles. The van der Waals surface area contributed by atoms with Crippen molar-refractivity contribution in [2.75, 3.05) is 59.0 Å². The van der Waals surface area contributed by atoms with Crippen LogP contribution in [-0.4, -0.2) is 102 Å². The number of rotatable bonds is 4. The molecule has 2 N–H and O–H groups in total. The van der Waals surface area contributed by atoms with Crippen molar-refractivity contribution in [2.24, 2.45) is 0 Å². The van der Waals surface area contributed by atoms with Crippen LogP contribution in [0.3, 0.4) is 0 Å². The van der Waals surface area contributed by atoms with Crippen molar-refractivity contribution in [1.82, 2.24) is 20.0 Å². The molecule has 0 radical (unpaired) electrons. The summed E-state index contributed by atoms with van der Waals surface area (Å²) in [5.41, 5.74) is -0.940. The molecule has 0 aromatic heterocycles. The minimum absolute atomic E-state index is 0.0624. The molecule has 9 nitrogen and oxygen atoms in total. The lowest BCUT2D eigenvalue weighted by Gasteiger charge is -2.33. The van der Waals surface area contributed by atoms with Crippen LogP contribution in [0.1, 0.15) is 6.42 Å². The number of urea groups is 1. The number of nitrogens with one attached hydrogen (secondary N) is 1. The highest BCUT2D eigenvalue weighted by Crippen LogP contribution is 2.23. The van der Waals surface area contributed by atoms with Crippen molar-refractivity contribution >= 4 is 17.8 Å². The summed E-state index contributed by atoms with van der Waals surface area (Å²) in [6.07, 6.45) is 0.496. The average Bonchev–Trinajstić information content (AvgIpc) is 3.06. The standard InChI is InChI=1S/C14H22N4O5/c19-11-7-15-13(21)18(11)8-12(20)17-2-1-14(22,10-17)9-16-3-5-23-6-4-16/h22H,1-10H2,(H,15,21)/t14-/m0/s1. The minimum Gasteiger partial charge on any atom is -0.387 e. The Bertz CT molecular complexity index is 491. The van der Waals surface area contributed by atoms with E-state index in [2.05, 4.69) is 10.2 Å². The third kappa shape index (κ3) is 3.62. The molecule has 4 amide bonds. The molecule has 3 saturated heterocycles. The zero-order valence-corrected chi connectivity index (χ0v) is 13.0. The van der Waals surface area contributed by atoms with E-state index in [9.17, 15) is 19.5 Å². The Morgan fingerprint density at radius 1 is 1.26 bits per heavy atom. The molecule has 3 aliphatic heterocycles. The van der Waals surface area contributed by atoms with E-state index in [0.717, 1.165) is 18.0 Å². The molecular formula is C14H22N4O5. The van der Waals surface area contributed by atoms with Gasteiger partial charge in [-0.25, -0.2) is 4.79 Å². The molecule has 3 fully saturated rings. The van der Waals surface area contributed by atoms with E-state index in [0.29, 0.717) is 32.7 Å². The van der Waals surface area contributed by atoms with Gasteiger partial charge in [-0.15, -0.1) is 0 Å².